The number of pyridine rings is 1. The van der Waals surface area contributed by atoms with Gasteiger partial charge in [-0.2, -0.15) is 0 Å². The fourth-order valence-corrected chi connectivity index (χ4v) is 5.74. The minimum atomic E-state index is -2.36. The molecule has 3 unspecified atom stereocenters. The van der Waals surface area contributed by atoms with Crippen molar-refractivity contribution >= 4 is 40.0 Å². The normalized spacial score (nSPS) is 21.3. The second kappa shape index (κ2) is 8.96. The molecule has 1 saturated heterocycles. The van der Waals surface area contributed by atoms with E-state index in [4.69, 9.17) is 4.74 Å². The zero-order valence-electron chi connectivity index (χ0n) is 21.2. The van der Waals surface area contributed by atoms with Crippen molar-refractivity contribution in [2.75, 3.05) is 5.32 Å². The molecular weight excluding hydrogens is 496 g/mol. The summed E-state index contributed by atoms with van der Waals surface area (Å²) in [6.45, 7) is 3.81. The van der Waals surface area contributed by atoms with Gasteiger partial charge in [-0.3, -0.25) is 19.2 Å². The molecule has 3 atom stereocenters. The van der Waals surface area contributed by atoms with E-state index < -0.39 is 47.0 Å². The SMILES string of the molecule is Cc1ccc(C2OC3(C(=O)c4ccccc4C3=O)C(C(=O)O)C2C(=O)Nc2cc3ccccc3cn2)cc1C. The lowest BCUT2D eigenvalue weighted by Crippen LogP contribution is -2.52. The quantitative estimate of drug-likeness (QED) is 0.374. The maximum Gasteiger partial charge on any atom is 0.311 e. The van der Waals surface area contributed by atoms with Crippen LogP contribution >= 0.6 is 0 Å². The molecule has 1 aliphatic carbocycles. The van der Waals surface area contributed by atoms with Gasteiger partial charge in [0.1, 0.15) is 11.7 Å². The van der Waals surface area contributed by atoms with Crippen molar-refractivity contribution in [3.8, 4) is 0 Å². The molecule has 4 aromatic rings. The summed E-state index contributed by atoms with van der Waals surface area (Å²) in [5.41, 5.74) is 0.200. The number of carboxylic acids is 1. The number of nitrogens with one attached hydrogen (secondary N) is 1. The Morgan fingerprint density at radius 1 is 0.872 bits per heavy atom. The number of carboxylic acid groups (broad SMARTS) is 1. The van der Waals surface area contributed by atoms with Crippen LogP contribution in [0.1, 0.15) is 43.5 Å². The smallest absolute Gasteiger partial charge is 0.311 e. The minimum absolute atomic E-state index is 0.0878. The average molecular weight is 521 g/mol. The van der Waals surface area contributed by atoms with Gasteiger partial charge < -0.3 is 15.2 Å². The Hall–Kier alpha value is -4.69. The van der Waals surface area contributed by atoms with Gasteiger partial charge in [0.2, 0.25) is 23.1 Å². The third-order valence-corrected chi connectivity index (χ3v) is 7.84. The first-order valence-corrected chi connectivity index (χ1v) is 12.5. The molecular formula is C31H24N2O6. The highest BCUT2D eigenvalue weighted by Crippen LogP contribution is 2.54. The van der Waals surface area contributed by atoms with Crippen molar-refractivity contribution in [2.45, 2.75) is 25.6 Å². The number of fused-ring (bicyclic) bond motifs is 2. The second-order valence-corrected chi connectivity index (χ2v) is 10.1. The number of carbonyl (C=O) groups is 4. The van der Waals surface area contributed by atoms with Crippen molar-refractivity contribution in [2.24, 2.45) is 11.8 Å². The van der Waals surface area contributed by atoms with E-state index in [1.807, 2.05) is 44.2 Å². The lowest BCUT2D eigenvalue weighted by atomic mass is 9.75. The van der Waals surface area contributed by atoms with E-state index in [1.54, 1.807) is 36.5 Å². The number of aryl methyl sites for hydroxylation is 2. The monoisotopic (exact) mass is 520 g/mol. The van der Waals surface area contributed by atoms with Gasteiger partial charge in [-0.15, -0.1) is 0 Å². The van der Waals surface area contributed by atoms with Gasteiger partial charge in [-0.05, 0) is 42.0 Å². The number of hydrogen-bond donors (Lipinski definition) is 2. The zero-order valence-corrected chi connectivity index (χ0v) is 21.2. The summed E-state index contributed by atoms with van der Waals surface area (Å²) in [6, 6.07) is 20.7. The first kappa shape index (κ1) is 24.6. The van der Waals surface area contributed by atoms with Crippen molar-refractivity contribution in [1.82, 2.24) is 4.98 Å². The van der Waals surface area contributed by atoms with Crippen LogP contribution in [0.15, 0.2) is 79.0 Å². The molecule has 1 amide bonds. The Balaban J connectivity index is 1.48. The van der Waals surface area contributed by atoms with Gasteiger partial charge in [-0.1, -0.05) is 66.7 Å². The topological polar surface area (TPSA) is 123 Å². The summed E-state index contributed by atoms with van der Waals surface area (Å²) in [5, 5.41) is 14.9. The molecule has 1 spiro atoms. The highest BCUT2D eigenvalue weighted by Gasteiger charge is 2.71. The van der Waals surface area contributed by atoms with E-state index in [2.05, 4.69) is 10.3 Å². The number of aromatic nitrogens is 1. The van der Waals surface area contributed by atoms with Crippen LogP contribution in [0, 0.1) is 25.7 Å². The van der Waals surface area contributed by atoms with Crippen LogP contribution in [0.25, 0.3) is 10.8 Å². The number of amides is 1. The van der Waals surface area contributed by atoms with Crippen LogP contribution in [-0.2, 0) is 14.3 Å². The van der Waals surface area contributed by atoms with E-state index in [0.29, 0.717) is 5.56 Å². The zero-order chi connectivity index (χ0) is 27.5. The maximum absolute atomic E-state index is 13.9. The molecule has 1 aliphatic heterocycles. The lowest BCUT2D eigenvalue weighted by Gasteiger charge is -2.25. The molecule has 3 aromatic carbocycles. The molecule has 0 bridgehead atoms. The van der Waals surface area contributed by atoms with Crippen LogP contribution in [0.2, 0.25) is 0 Å². The third-order valence-electron chi connectivity index (χ3n) is 7.84. The Kier molecular flexibility index (Phi) is 5.66. The van der Waals surface area contributed by atoms with Crippen LogP contribution in [-0.4, -0.2) is 39.1 Å². The first-order valence-electron chi connectivity index (χ1n) is 12.5. The van der Waals surface area contributed by atoms with E-state index in [9.17, 15) is 24.3 Å². The summed E-state index contributed by atoms with van der Waals surface area (Å²) in [5.74, 6) is -6.62. The Bertz CT molecular complexity index is 1680. The summed E-state index contributed by atoms with van der Waals surface area (Å²) in [7, 11) is 0. The van der Waals surface area contributed by atoms with Gasteiger partial charge in [0, 0.05) is 22.7 Å². The Labute approximate surface area is 223 Å². The van der Waals surface area contributed by atoms with E-state index in [0.717, 1.165) is 21.9 Å². The van der Waals surface area contributed by atoms with Gasteiger partial charge in [-0.25, -0.2) is 4.98 Å². The number of rotatable bonds is 4. The number of benzene rings is 3. The highest BCUT2D eigenvalue weighted by atomic mass is 16.5. The molecule has 0 radical (unpaired) electrons. The fourth-order valence-electron chi connectivity index (χ4n) is 5.74. The number of ether oxygens (including phenoxy) is 1. The number of nitrogens with zero attached hydrogens (tertiary/aromatic N) is 1. The van der Waals surface area contributed by atoms with Gasteiger partial charge in [0.05, 0.1) is 12.0 Å². The molecule has 2 N–H and O–H groups in total. The number of hydrogen-bond acceptors (Lipinski definition) is 6. The van der Waals surface area contributed by atoms with Crippen LogP contribution in [0.4, 0.5) is 5.82 Å². The molecule has 0 saturated carbocycles. The molecule has 8 heteroatoms. The largest absolute Gasteiger partial charge is 0.481 e. The standard InChI is InChI=1S/C31H24N2O6/c1-16-11-12-19(13-17(16)2)26-24(29(36)33-23-14-18-7-3-4-8-20(18)15-32-23)25(30(37)38)31(39-26)27(34)21-9-5-6-10-22(21)28(31)35/h3-15,24-26H,1-2H3,(H,37,38)(H,32,33,36). The predicted molar refractivity (Wildman–Crippen MR) is 143 cm³/mol. The second-order valence-electron chi connectivity index (χ2n) is 10.1. The van der Waals surface area contributed by atoms with E-state index in [1.165, 1.54) is 12.1 Å². The molecule has 39 heavy (non-hydrogen) atoms. The first-order chi connectivity index (χ1) is 18.7. The fraction of sp³-hybridized carbons (Fsp3) is 0.194. The van der Waals surface area contributed by atoms with E-state index in [-0.39, 0.29) is 16.9 Å². The number of carbonyl (C=O) groups excluding carboxylic acids is 3. The number of anilines is 1. The van der Waals surface area contributed by atoms with Crippen LogP contribution < -0.4 is 5.32 Å². The summed E-state index contributed by atoms with van der Waals surface area (Å²) in [4.78, 5) is 58.6. The predicted octanol–water partition coefficient (Wildman–Crippen LogP) is 4.70. The molecule has 1 fully saturated rings. The molecule has 6 rings (SSSR count). The minimum Gasteiger partial charge on any atom is -0.481 e. The number of aliphatic carboxylic acids is 1. The molecule has 2 heterocycles. The molecule has 2 aliphatic rings. The lowest BCUT2D eigenvalue weighted by molar-refractivity contribution is -0.147. The highest BCUT2D eigenvalue weighted by molar-refractivity contribution is 6.34. The van der Waals surface area contributed by atoms with Gasteiger partial charge >= 0.3 is 5.97 Å². The average Bonchev–Trinajstić information content (AvgIpc) is 3.40. The summed E-state index contributed by atoms with van der Waals surface area (Å²) >= 11 is 0. The molecule has 8 nitrogen and oxygen atoms in total. The van der Waals surface area contributed by atoms with E-state index >= 15 is 0 Å². The summed E-state index contributed by atoms with van der Waals surface area (Å²) in [6.07, 6.45) is 0.432. The van der Waals surface area contributed by atoms with Gasteiger partial charge in [0.15, 0.2) is 0 Å². The van der Waals surface area contributed by atoms with Crippen molar-refractivity contribution in [3.05, 3.63) is 107 Å². The van der Waals surface area contributed by atoms with Crippen LogP contribution in [0.5, 0.6) is 0 Å². The van der Waals surface area contributed by atoms with Gasteiger partial charge in [0.25, 0.3) is 0 Å². The Morgan fingerprint density at radius 2 is 1.51 bits per heavy atom. The van der Waals surface area contributed by atoms with Crippen molar-refractivity contribution in [1.29, 1.82) is 0 Å². The van der Waals surface area contributed by atoms with Crippen molar-refractivity contribution in [3.63, 3.8) is 0 Å². The molecule has 1 aromatic heterocycles. The summed E-state index contributed by atoms with van der Waals surface area (Å²) < 4.78 is 6.25. The maximum atomic E-state index is 13.9. The number of Topliss-reactive ketones (excluding diaryl/α,β-unsaturated/α-hetero) is 2. The third kappa shape index (κ3) is 3.67. The van der Waals surface area contributed by atoms with Crippen molar-refractivity contribution < 1.29 is 29.0 Å². The molecule has 194 valence electrons. The number of ketones is 2. The van der Waals surface area contributed by atoms with Crippen LogP contribution in [0.3, 0.4) is 0 Å². The Morgan fingerprint density at radius 3 is 2.15 bits per heavy atom.